The van der Waals surface area contributed by atoms with Gasteiger partial charge in [0.25, 0.3) is 0 Å². The zero-order valence-corrected chi connectivity index (χ0v) is 7.86. The molecular weight excluding hydrogens is 152 g/mol. The number of aliphatic hydroxyl groups is 1. The quantitative estimate of drug-likeness (QED) is 0.398. The molecule has 0 aliphatic carbocycles. The first-order chi connectivity index (χ1) is 5.81. The number of ether oxygens (including phenoxy) is 1. The van der Waals surface area contributed by atoms with E-state index in [0.717, 1.165) is 0 Å². The second-order valence-electron chi connectivity index (χ2n) is 1.88. The van der Waals surface area contributed by atoms with Crippen LogP contribution in [-0.4, -0.2) is 18.5 Å². The van der Waals surface area contributed by atoms with Gasteiger partial charge in [0.05, 0.1) is 0 Å². The summed E-state index contributed by atoms with van der Waals surface area (Å²) in [4.78, 5) is 0. The van der Waals surface area contributed by atoms with Crippen LogP contribution in [0.25, 0.3) is 0 Å². The highest BCUT2D eigenvalue weighted by atomic mass is 16.6. The summed E-state index contributed by atoms with van der Waals surface area (Å²) in [5.74, 6) is 0. The molecule has 70 valence electrons. The van der Waals surface area contributed by atoms with Gasteiger partial charge in [-0.15, -0.1) is 13.2 Å². The van der Waals surface area contributed by atoms with Crippen molar-refractivity contribution in [3.05, 3.63) is 37.5 Å². The van der Waals surface area contributed by atoms with E-state index in [-0.39, 0.29) is 0 Å². The highest BCUT2D eigenvalue weighted by molar-refractivity contribution is 5.00. The molecule has 0 fully saturated rings. The molecule has 0 aliphatic heterocycles. The fourth-order valence-electron chi connectivity index (χ4n) is 0.481. The van der Waals surface area contributed by atoms with E-state index in [0.29, 0.717) is 6.42 Å². The molecule has 1 atom stereocenters. The summed E-state index contributed by atoms with van der Waals surface area (Å²) < 4.78 is 4.61. The molecule has 2 heteroatoms. The highest BCUT2D eigenvalue weighted by Crippen LogP contribution is 1.92. The number of rotatable bonds is 4. The molecule has 0 rings (SSSR count). The van der Waals surface area contributed by atoms with Gasteiger partial charge in [0, 0.05) is 13.5 Å². The number of methoxy groups -OCH3 is 1. The zero-order chi connectivity index (χ0) is 9.82. The van der Waals surface area contributed by atoms with Crippen LogP contribution in [-0.2, 0) is 4.74 Å². The van der Waals surface area contributed by atoms with Gasteiger partial charge in [-0.2, -0.15) is 0 Å². The standard InChI is InChI=1S/C8H14O2.C2H4/c1-3-4-5-6-7-8(9)10-2;1-2/h3-6,8-9H,7H2,1-2H3;1-2H2/b4-3-,6-5+;. The Kier molecular flexibility index (Phi) is 14.6. The summed E-state index contributed by atoms with van der Waals surface area (Å²) in [7, 11) is 1.48. The Morgan fingerprint density at radius 1 is 1.42 bits per heavy atom. The first kappa shape index (κ1) is 13.7. The third-order valence-corrected chi connectivity index (χ3v) is 1.05. The third kappa shape index (κ3) is 11.9. The van der Waals surface area contributed by atoms with E-state index in [9.17, 15) is 0 Å². The molecular formula is C10H18O2. The Hall–Kier alpha value is -0.860. The molecule has 0 heterocycles. The van der Waals surface area contributed by atoms with Crippen molar-refractivity contribution >= 4 is 0 Å². The Balaban J connectivity index is 0. The van der Waals surface area contributed by atoms with Crippen LogP contribution in [0.5, 0.6) is 0 Å². The van der Waals surface area contributed by atoms with E-state index in [1.165, 1.54) is 7.11 Å². The average Bonchev–Trinajstić information content (AvgIpc) is 2.15. The lowest BCUT2D eigenvalue weighted by Crippen LogP contribution is -2.06. The van der Waals surface area contributed by atoms with Crippen molar-refractivity contribution < 1.29 is 9.84 Å². The van der Waals surface area contributed by atoms with Crippen LogP contribution in [0.3, 0.4) is 0 Å². The lowest BCUT2D eigenvalue weighted by molar-refractivity contribution is -0.0702. The summed E-state index contributed by atoms with van der Waals surface area (Å²) in [5.41, 5.74) is 0. The van der Waals surface area contributed by atoms with Crippen LogP contribution in [0.2, 0.25) is 0 Å². The molecule has 0 amide bonds. The smallest absolute Gasteiger partial charge is 0.157 e. The normalized spacial score (nSPS) is 12.9. The molecule has 0 spiro atoms. The van der Waals surface area contributed by atoms with Crippen molar-refractivity contribution in [3.8, 4) is 0 Å². The largest absolute Gasteiger partial charge is 0.368 e. The van der Waals surface area contributed by atoms with Crippen molar-refractivity contribution in [2.24, 2.45) is 0 Å². The molecule has 12 heavy (non-hydrogen) atoms. The summed E-state index contributed by atoms with van der Waals surface area (Å²) in [5, 5.41) is 8.86. The van der Waals surface area contributed by atoms with Crippen molar-refractivity contribution in [1.82, 2.24) is 0 Å². The molecule has 0 aliphatic rings. The maximum atomic E-state index is 8.86. The first-order valence-electron chi connectivity index (χ1n) is 3.80. The van der Waals surface area contributed by atoms with Crippen LogP contribution in [0.4, 0.5) is 0 Å². The van der Waals surface area contributed by atoms with Gasteiger partial charge in [-0.1, -0.05) is 24.3 Å². The molecule has 2 nitrogen and oxygen atoms in total. The molecule has 0 aromatic carbocycles. The fraction of sp³-hybridized carbons (Fsp3) is 0.400. The van der Waals surface area contributed by atoms with E-state index in [2.05, 4.69) is 17.9 Å². The minimum Gasteiger partial charge on any atom is -0.368 e. The Morgan fingerprint density at radius 3 is 2.42 bits per heavy atom. The fourth-order valence-corrected chi connectivity index (χ4v) is 0.481. The highest BCUT2D eigenvalue weighted by Gasteiger charge is 1.93. The van der Waals surface area contributed by atoms with Crippen molar-refractivity contribution in [3.63, 3.8) is 0 Å². The molecule has 0 saturated heterocycles. The van der Waals surface area contributed by atoms with Gasteiger partial charge in [0.2, 0.25) is 0 Å². The first-order valence-corrected chi connectivity index (χ1v) is 3.80. The lowest BCUT2D eigenvalue weighted by Gasteiger charge is -2.02. The van der Waals surface area contributed by atoms with Gasteiger partial charge in [0.15, 0.2) is 6.29 Å². The van der Waals surface area contributed by atoms with E-state index >= 15 is 0 Å². The molecule has 0 saturated carbocycles. The van der Waals surface area contributed by atoms with Crippen LogP contribution < -0.4 is 0 Å². The molecule has 0 bridgehead atoms. The minimum atomic E-state index is -0.665. The van der Waals surface area contributed by atoms with Crippen molar-refractivity contribution in [2.45, 2.75) is 19.6 Å². The predicted octanol–water partition coefficient (Wildman–Crippen LogP) is 2.28. The predicted molar refractivity (Wildman–Crippen MR) is 52.8 cm³/mol. The second kappa shape index (κ2) is 12.8. The molecule has 1 unspecified atom stereocenters. The van der Waals surface area contributed by atoms with Gasteiger partial charge in [-0.3, -0.25) is 0 Å². The van der Waals surface area contributed by atoms with E-state index in [1.54, 1.807) is 0 Å². The number of hydrogen-bond donors (Lipinski definition) is 1. The number of aliphatic hydroxyl groups excluding tert-OH is 1. The maximum absolute atomic E-state index is 8.86. The van der Waals surface area contributed by atoms with Gasteiger partial charge in [-0.25, -0.2) is 0 Å². The Morgan fingerprint density at radius 2 is 2.00 bits per heavy atom. The van der Waals surface area contributed by atoms with Gasteiger partial charge < -0.3 is 9.84 Å². The molecule has 0 radical (unpaired) electrons. The molecule has 0 aromatic heterocycles. The van der Waals surface area contributed by atoms with E-state index in [1.807, 2.05) is 31.2 Å². The van der Waals surface area contributed by atoms with Crippen molar-refractivity contribution in [2.75, 3.05) is 7.11 Å². The van der Waals surface area contributed by atoms with E-state index in [4.69, 9.17) is 5.11 Å². The monoisotopic (exact) mass is 170 g/mol. The number of allylic oxidation sites excluding steroid dienone is 3. The Bertz CT molecular complexity index is 128. The summed E-state index contributed by atoms with van der Waals surface area (Å²) in [6.45, 7) is 7.94. The average molecular weight is 170 g/mol. The van der Waals surface area contributed by atoms with Gasteiger partial charge >= 0.3 is 0 Å². The maximum Gasteiger partial charge on any atom is 0.157 e. The number of hydrogen-bond acceptors (Lipinski definition) is 2. The van der Waals surface area contributed by atoms with E-state index < -0.39 is 6.29 Å². The zero-order valence-electron chi connectivity index (χ0n) is 7.86. The van der Waals surface area contributed by atoms with Crippen molar-refractivity contribution in [1.29, 1.82) is 0 Å². The van der Waals surface area contributed by atoms with Gasteiger partial charge in [-0.05, 0) is 6.92 Å². The van der Waals surface area contributed by atoms with Crippen LogP contribution >= 0.6 is 0 Å². The third-order valence-electron chi connectivity index (χ3n) is 1.05. The Labute approximate surface area is 74.9 Å². The van der Waals surface area contributed by atoms with Crippen LogP contribution in [0.15, 0.2) is 37.5 Å². The van der Waals surface area contributed by atoms with Crippen LogP contribution in [0, 0.1) is 0 Å². The topological polar surface area (TPSA) is 29.5 Å². The summed E-state index contributed by atoms with van der Waals surface area (Å²) in [6.07, 6.45) is 7.44. The second-order valence-corrected chi connectivity index (χ2v) is 1.88. The summed E-state index contributed by atoms with van der Waals surface area (Å²) >= 11 is 0. The van der Waals surface area contributed by atoms with Crippen LogP contribution in [0.1, 0.15) is 13.3 Å². The summed E-state index contributed by atoms with van der Waals surface area (Å²) in [6, 6.07) is 0. The molecule has 0 aromatic rings. The SMILES string of the molecule is C/C=C\C=C\CC(O)OC.C=C. The lowest BCUT2D eigenvalue weighted by atomic mass is 10.3. The minimum absolute atomic E-state index is 0.543. The molecule has 1 N–H and O–H groups in total. The van der Waals surface area contributed by atoms with Gasteiger partial charge in [0.1, 0.15) is 0 Å².